The number of hydrogen-bond acceptors (Lipinski definition) is 4. The van der Waals surface area contributed by atoms with Crippen molar-refractivity contribution in [2.24, 2.45) is 11.8 Å². The van der Waals surface area contributed by atoms with Crippen molar-refractivity contribution in [1.29, 1.82) is 0 Å². The number of methoxy groups -OCH3 is 1. The van der Waals surface area contributed by atoms with Crippen LogP contribution in [0, 0.1) is 17.0 Å². The molecule has 0 saturated heterocycles. The molecular weight excluding hydrogens is 438 g/mol. The van der Waals surface area contributed by atoms with E-state index in [1.54, 1.807) is 0 Å². The summed E-state index contributed by atoms with van der Waals surface area (Å²) in [6.07, 6.45) is 1.93. The Hall–Kier alpha value is -3.54. The maximum atomic E-state index is 13.5. The van der Waals surface area contributed by atoms with E-state index in [1.165, 1.54) is 12.8 Å². The first-order valence-corrected chi connectivity index (χ1v) is 12.3. The lowest BCUT2D eigenvalue weighted by atomic mass is 9.99. The van der Waals surface area contributed by atoms with Crippen molar-refractivity contribution >= 4 is 10.9 Å². The van der Waals surface area contributed by atoms with E-state index in [9.17, 15) is 5.21 Å². The fraction of sp³-hybridized carbons (Fsp3) is 0.379. The molecule has 0 aliphatic heterocycles. The number of hydrogen-bond donors (Lipinski definition) is 1. The van der Waals surface area contributed by atoms with E-state index in [0.29, 0.717) is 42.6 Å². The summed E-state index contributed by atoms with van der Waals surface area (Å²) >= 11 is 0. The second-order valence-corrected chi connectivity index (χ2v) is 9.89. The number of aromatic amines is 1. The first kappa shape index (κ1) is 24.6. The third-order valence-corrected chi connectivity index (χ3v) is 6.03. The molecule has 35 heavy (non-hydrogen) atoms. The molecule has 0 bridgehead atoms. The summed E-state index contributed by atoms with van der Waals surface area (Å²) in [5.41, 5.74) is 5.50. The Morgan fingerprint density at radius 3 is 2.31 bits per heavy atom. The molecule has 0 amide bonds. The lowest BCUT2D eigenvalue weighted by Crippen LogP contribution is -2.37. The van der Waals surface area contributed by atoms with Crippen molar-refractivity contribution < 1.29 is 14.2 Å². The first-order valence-electron chi connectivity index (χ1n) is 12.3. The van der Waals surface area contributed by atoms with Crippen LogP contribution in [0.1, 0.15) is 55.9 Å². The van der Waals surface area contributed by atoms with Gasteiger partial charge in [-0.1, -0.05) is 76.2 Å². The molecule has 0 unspecified atom stereocenters. The zero-order valence-corrected chi connectivity index (χ0v) is 21.3. The van der Waals surface area contributed by atoms with Gasteiger partial charge in [-0.2, -0.15) is 0 Å². The van der Waals surface area contributed by atoms with E-state index in [-0.39, 0.29) is 11.8 Å². The third kappa shape index (κ3) is 5.59. The Morgan fingerprint density at radius 2 is 1.63 bits per heavy atom. The number of nitrogens with one attached hydrogen (secondary N) is 1. The third-order valence-electron chi connectivity index (χ3n) is 6.03. The summed E-state index contributed by atoms with van der Waals surface area (Å²) in [6.45, 7) is 8.90. The molecular formula is C29H35N3O3. The Balaban J connectivity index is 1.79. The molecule has 0 aliphatic rings. The molecule has 0 radical (unpaired) electrons. The van der Waals surface area contributed by atoms with Crippen molar-refractivity contribution in [2.75, 3.05) is 7.11 Å². The lowest BCUT2D eigenvalue weighted by molar-refractivity contribution is -0.622. The summed E-state index contributed by atoms with van der Waals surface area (Å²) < 4.78 is 12.6. The predicted octanol–water partition coefficient (Wildman–Crippen LogP) is 5.77. The van der Waals surface area contributed by atoms with Crippen LogP contribution in [-0.4, -0.2) is 17.1 Å². The highest BCUT2D eigenvalue weighted by Gasteiger charge is 2.28. The molecule has 0 fully saturated rings. The van der Waals surface area contributed by atoms with Crippen LogP contribution >= 0.6 is 0 Å². The Bertz CT molecular complexity index is 1280. The van der Waals surface area contributed by atoms with Gasteiger partial charge in [-0.05, 0) is 35.4 Å². The van der Waals surface area contributed by atoms with Crippen LogP contribution in [0.2, 0.25) is 0 Å². The summed E-state index contributed by atoms with van der Waals surface area (Å²) in [5.74, 6) is 1.35. The maximum absolute atomic E-state index is 13.5. The van der Waals surface area contributed by atoms with E-state index in [0.717, 1.165) is 33.2 Å². The Labute approximate surface area is 207 Å². The van der Waals surface area contributed by atoms with E-state index in [4.69, 9.17) is 14.5 Å². The van der Waals surface area contributed by atoms with Gasteiger partial charge in [-0.25, -0.2) is 4.98 Å². The minimum absolute atomic E-state index is 0.230. The topological polar surface area (TPSA) is 74.1 Å². The van der Waals surface area contributed by atoms with Gasteiger partial charge in [0.2, 0.25) is 0 Å². The molecule has 0 aliphatic carbocycles. The molecule has 0 atom stereocenters. The Morgan fingerprint density at radius 1 is 0.943 bits per heavy atom. The molecule has 2 aromatic carbocycles. The van der Waals surface area contributed by atoms with Crippen LogP contribution in [0.3, 0.4) is 0 Å². The molecule has 4 rings (SSSR count). The van der Waals surface area contributed by atoms with Crippen molar-refractivity contribution in [3.63, 3.8) is 0 Å². The molecule has 2 aromatic heterocycles. The molecule has 184 valence electrons. The number of aromatic nitrogens is 3. The van der Waals surface area contributed by atoms with Gasteiger partial charge < -0.3 is 19.7 Å². The zero-order valence-electron chi connectivity index (χ0n) is 21.3. The van der Waals surface area contributed by atoms with Gasteiger partial charge in [0, 0.05) is 29.4 Å². The standard InChI is InChI=1S/C29H35N3O3/c1-19(2)15-25-23(22-13-9-10-14-24(22)30-25)17-26-29(34-5)32(33)27(16-20(3)4)28(31-26)35-18-21-11-7-6-8-12-21/h6-14,19-20,30H,15-18H2,1-5H3. The lowest BCUT2D eigenvalue weighted by Gasteiger charge is -2.17. The number of H-pyrrole nitrogens is 1. The van der Waals surface area contributed by atoms with Crippen LogP contribution in [0.4, 0.5) is 0 Å². The molecule has 2 heterocycles. The largest absolute Gasteiger partial charge is 0.616 e. The summed E-state index contributed by atoms with van der Waals surface area (Å²) in [4.78, 5) is 8.47. The van der Waals surface area contributed by atoms with Gasteiger partial charge in [0.25, 0.3) is 11.6 Å². The van der Waals surface area contributed by atoms with Crippen LogP contribution in [0.25, 0.3) is 10.9 Å². The van der Waals surface area contributed by atoms with Crippen LogP contribution in [-0.2, 0) is 25.9 Å². The van der Waals surface area contributed by atoms with Crippen LogP contribution in [0.5, 0.6) is 11.8 Å². The van der Waals surface area contributed by atoms with Gasteiger partial charge in [0.05, 0.1) is 7.11 Å². The van der Waals surface area contributed by atoms with Crippen molar-refractivity contribution in [3.05, 3.63) is 88.0 Å². The van der Waals surface area contributed by atoms with Crippen LogP contribution in [0.15, 0.2) is 54.6 Å². The molecule has 4 aromatic rings. The maximum Gasteiger partial charge on any atom is 0.402 e. The van der Waals surface area contributed by atoms with Gasteiger partial charge in [-0.3, -0.25) is 0 Å². The smallest absolute Gasteiger partial charge is 0.402 e. The van der Waals surface area contributed by atoms with Gasteiger partial charge in [0.15, 0.2) is 5.69 Å². The first-order chi connectivity index (χ1) is 16.9. The SMILES string of the molecule is COc1c(Cc2c(CC(C)C)[nH]c3ccccc23)nc(OCc2ccccc2)c(CC(C)C)[n+]1[O-]. The minimum Gasteiger partial charge on any atom is -0.616 e. The number of fused-ring (bicyclic) bond motifs is 1. The monoisotopic (exact) mass is 473 g/mol. The number of benzene rings is 2. The van der Waals surface area contributed by atoms with Crippen molar-refractivity contribution in [2.45, 2.75) is 53.6 Å². The van der Waals surface area contributed by atoms with Gasteiger partial charge >= 0.3 is 5.88 Å². The summed E-state index contributed by atoms with van der Waals surface area (Å²) in [6, 6.07) is 18.2. The van der Waals surface area contributed by atoms with Crippen molar-refractivity contribution in [3.8, 4) is 11.8 Å². The fourth-order valence-electron chi connectivity index (χ4n) is 4.48. The average Bonchev–Trinajstić information content (AvgIpc) is 3.16. The number of rotatable bonds is 10. The quantitative estimate of drug-likeness (QED) is 0.234. The highest BCUT2D eigenvalue weighted by atomic mass is 16.5. The fourth-order valence-corrected chi connectivity index (χ4v) is 4.48. The van der Waals surface area contributed by atoms with E-state index >= 15 is 0 Å². The highest BCUT2D eigenvalue weighted by molar-refractivity contribution is 5.85. The van der Waals surface area contributed by atoms with E-state index in [1.807, 2.05) is 42.5 Å². The predicted molar refractivity (Wildman–Crippen MR) is 139 cm³/mol. The van der Waals surface area contributed by atoms with Gasteiger partial charge in [-0.15, -0.1) is 4.73 Å². The zero-order chi connectivity index (χ0) is 24.9. The number of ether oxygens (including phenoxy) is 2. The molecule has 6 nitrogen and oxygen atoms in total. The normalized spacial score (nSPS) is 11.5. The minimum atomic E-state index is 0.230. The molecule has 1 N–H and O–H groups in total. The Kier molecular flexibility index (Phi) is 7.59. The number of para-hydroxylation sites is 1. The van der Waals surface area contributed by atoms with E-state index in [2.05, 4.69) is 44.8 Å². The van der Waals surface area contributed by atoms with Crippen LogP contribution < -0.4 is 14.2 Å². The average molecular weight is 474 g/mol. The van der Waals surface area contributed by atoms with Crippen molar-refractivity contribution in [1.82, 2.24) is 9.97 Å². The highest BCUT2D eigenvalue weighted by Crippen LogP contribution is 2.30. The van der Waals surface area contributed by atoms with E-state index < -0.39 is 0 Å². The number of nitrogens with zero attached hydrogens (tertiary/aromatic N) is 2. The summed E-state index contributed by atoms with van der Waals surface area (Å²) in [5, 5.41) is 14.6. The molecule has 0 saturated carbocycles. The summed E-state index contributed by atoms with van der Waals surface area (Å²) in [7, 11) is 1.53. The molecule has 6 heteroatoms. The second kappa shape index (κ2) is 10.8. The molecule has 0 spiro atoms. The van der Waals surface area contributed by atoms with Gasteiger partial charge in [0.1, 0.15) is 6.61 Å². The second-order valence-electron chi connectivity index (χ2n) is 9.89.